The number of aromatic hydroxyl groups is 1. The minimum Gasteiger partial charge on any atom is -0.508 e. The Balaban J connectivity index is 2.00. The average molecular weight is 355 g/mol. The number of nitrogens with two attached hydrogens (primary N) is 1. The fourth-order valence-corrected chi connectivity index (χ4v) is 3.44. The van der Waals surface area contributed by atoms with Gasteiger partial charge in [0.2, 0.25) is 5.91 Å². The smallest absolute Gasteiger partial charge is 0.220 e. The van der Waals surface area contributed by atoms with Gasteiger partial charge in [-0.25, -0.2) is 0 Å². The Labute approximate surface area is 134 Å². The largest absolute Gasteiger partial charge is 0.508 e. The van der Waals surface area contributed by atoms with E-state index in [4.69, 9.17) is 5.73 Å². The van der Waals surface area contributed by atoms with E-state index in [0.717, 1.165) is 42.1 Å². The second-order valence-electron chi connectivity index (χ2n) is 5.78. The maximum absolute atomic E-state index is 11.2. The molecule has 4 N–H and O–H groups in total. The van der Waals surface area contributed by atoms with Crippen LogP contribution in [0.25, 0.3) is 0 Å². The first-order valence-electron chi connectivity index (χ1n) is 7.55. The third-order valence-electron chi connectivity index (χ3n) is 4.34. The highest BCUT2D eigenvalue weighted by molar-refractivity contribution is 9.10. The van der Waals surface area contributed by atoms with Crippen molar-refractivity contribution in [1.82, 2.24) is 5.32 Å². The third-order valence-corrected chi connectivity index (χ3v) is 4.83. The topological polar surface area (TPSA) is 75.3 Å². The number of carbonyl (C=O) groups is 1. The van der Waals surface area contributed by atoms with E-state index >= 15 is 0 Å². The molecule has 0 spiro atoms. The van der Waals surface area contributed by atoms with Crippen LogP contribution in [0.1, 0.15) is 50.6 Å². The quantitative estimate of drug-likeness (QED) is 0.759. The van der Waals surface area contributed by atoms with E-state index in [-0.39, 0.29) is 17.9 Å². The second-order valence-corrected chi connectivity index (χ2v) is 6.70. The molecular weight excluding hydrogens is 332 g/mol. The maximum atomic E-state index is 11.2. The molecule has 1 amide bonds. The van der Waals surface area contributed by atoms with Gasteiger partial charge in [0, 0.05) is 28.0 Å². The van der Waals surface area contributed by atoms with Gasteiger partial charge in [0.15, 0.2) is 0 Å². The summed E-state index contributed by atoms with van der Waals surface area (Å²) in [6, 6.07) is 6.02. The third kappa shape index (κ3) is 4.20. The fourth-order valence-electron chi connectivity index (χ4n) is 3.06. The Morgan fingerprint density at radius 1 is 1.43 bits per heavy atom. The molecule has 4 nitrogen and oxygen atoms in total. The molecule has 1 aliphatic rings. The summed E-state index contributed by atoms with van der Waals surface area (Å²) in [6.45, 7) is 2.10. The lowest BCUT2D eigenvalue weighted by molar-refractivity contribution is -0.122. The van der Waals surface area contributed by atoms with E-state index in [0.29, 0.717) is 11.8 Å². The number of primary amides is 1. The molecule has 2 rings (SSSR count). The molecular formula is C16H23BrN2O2. The minimum absolute atomic E-state index is 0.0300. The van der Waals surface area contributed by atoms with Crippen LogP contribution < -0.4 is 11.1 Å². The normalized spacial score (nSPS) is 23.7. The van der Waals surface area contributed by atoms with E-state index in [1.54, 1.807) is 6.07 Å². The number of nitrogens with one attached hydrogen (secondary N) is 1. The number of hydrogen-bond donors (Lipinski definition) is 3. The number of amides is 1. The summed E-state index contributed by atoms with van der Waals surface area (Å²) in [5, 5.41) is 13.7. The van der Waals surface area contributed by atoms with Crippen molar-refractivity contribution < 1.29 is 9.90 Å². The number of hydrogen-bond acceptors (Lipinski definition) is 3. The van der Waals surface area contributed by atoms with Gasteiger partial charge in [-0.1, -0.05) is 22.9 Å². The number of halogens is 1. The van der Waals surface area contributed by atoms with Crippen LogP contribution in [0.15, 0.2) is 22.7 Å². The number of rotatable bonds is 5. The molecule has 0 aromatic heterocycles. The minimum atomic E-state index is -0.176. The Kier molecular flexibility index (Phi) is 5.65. The zero-order valence-electron chi connectivity index (χ0n) is 12.3. The number of carbonyl (C=O) groups excluding carboxylic acids is 1. The molecule has 1 aromatic carbocycles. The van der Waals surface area contributed by atoms with Gasteiger partial charge in [0.1, 0.15) is 5.75 Å². The predicted molar refractivity (Wildman–Crippen MR) is 86.9 cm³/mol. The molecule has 1 saturated carbocycles. The van der Waals surface area contributed by atoms with Crippen LogP contribution in [0, 0.1) is 5.92 Å². The van der Waals surface area contributed by atoms with Gasteiger partial charge >= 0.3 is 0 Å². The Morgan fingerprint density at radius 2 is 2.10 bits per heavy atom. The van der Waals surface area contributed by atoms with Gasteiger partial charge in [-0.05, 0) is 50.3 Å². The molecule has 0 radical (unpaired) electrons. The first-order valence-corrected chi connectivity index (χ1v) is 8.34. The van der Waals surface area contributed by atoms with E-state index < -0.39 is 0 Å². The first kappa shape index (κ1) is 16.3. The highest BCUT2D eigenvalue weighted by atomic mass is 79.9. The lowest BCUT2D eigenvalue weighted by Crippen LogP contribution is -2.38. The molecule has 1 atom stereocenters. The summed E-state index contributed by atoms with van der Waals surface area (Å²) in [4.78, 5) is 11.2. The van der Waals surface area contributed by atoms with Crippen molar-refractivity contribution in [3.63, 3.8) is 0 Å². The van der Waals surface area contributed by atoms with Crippen molar-refractivity contribution in [2.75, 3.05) is 0 Å². The molecule has 0 bridgehead atoms. The van der Waals surface area contributed by atoms with Gasteiger partial charge in [-0.3, -0.25) is 4.79 Å². The molecule has 21 heavy (non-hydrogen) atoms. The maximum Gasteiger partial charge on any atom is 0.220 e. The van der Waals surface area contributed by atoms with Crippen LogP contribution in [-0.2, 0) is 4.79 Å². The molecule has 1 unspecified atom stereocenters. The highest BCUT2D eigenvalue weighted by Crippen LogP contribution is 2.32. The summed E-state index contributed by atoms with van der Waals surface area (Å²) >= 11 is 3.45. The van der Waals surface area contributed by atoms with Crippen molar-refractivity contribution >= 4 is 21.8 Å². The lowest BCUT2D eigenvalue weighted by atomic mass is 9.85. The van der Waals surface area contributed by atoms with E-state index in [1.165, 1.54) is 0 Å². The number of phenolic OH excluding ortho intramolecular Hbond substituents is 1. The highest BCUT2D eigenvalue weighted by Gasteiger charge is 2.26. The molecule has 5 heteroatoms. The van der Waals surface area contributed by atoms with Crippen molar-refractivity contribution in [2.45, 2.75) is 51.1 Å². The van der Waals surface area contributed by atoms with Gasteiger partial charge in [-0.15, -0.1) is 0 Å². The van der Waals surface area contributed by atoms with Crippen LogP contribution in [0.2, 0.25) is 0 Å². The average Bonchev–Trinajstić information content (AvgIpc) is 2.48. The Hall–Kier alpha value is -1.07. The predicted octanol–water partition coefficient (Wildman–Crippen LogP) is 3.24. The van der Waals surface area contributed by atoms with E-state index in [2.05, 4.69) is 28.2 Å². The number of benzene rings is 1. The van der Waals surface area contributed by atoms with Crippen molar-refractivity contribution in [1.29, 1.82) is 0 Å². The standard InChI is InChI=1S/C16H23BrN2O2/c1-2-14(13-9-11(17)5-8-15(13)20)19-12-6-3-10(4-7-12)16(18)21/h5,8-10,12,14,19-20H,2-4,6-7H2,1H3,(H2,18,21). The van der Waals surface area contributed by atoms with Crippen LogP contribution in [-0.4, -0.2) is 17.1 Å². The molecule has 1 aromatic rings. The van der Waals surface area contributed by atoms with Crippen LogP contribution in [0.3, 0.4) is 0 Å². The van der Waals surface area contributed by atoms with Crippen molar-refractivity contribution in [2.24, 2.45) is 11.7 Å². The molecule has 1 fully saturated rings. The fraction of sp³-hybridized carbons (Fsp3) is 0.562. The van der Waals surface area contributed by atoms with Crippen LogP contribution in [0.5, 0.6) is 5.75 Å². The SMILES string of the molecule is CCC(NC1CCC(C(N)=O)CC1)c1cc(Br)ccc1O. The summed E-state index contributed by atoms with van der Waals surface area (Å²) in [6.07, 6.45) is 4.53. The monoisotopic (exact) mass is 354 g/mol. The van der Waals surface area contributed by atoms with Gasteiger partial charge in [0.25, 0.3) is 0 Å². The van der Waals surface area contributed by atoms with Crippen LogP contribution in [0.4, 0.5) is 0 Å². The lowest BCUT2D eigenvalue weighted by Gasteiger charge is -2.31. The zero-order chi connectivity index (χ0) is 15.4. The summed E-state index contributed by atoms with van der Waals surface area (Å²) < 4.78 is 0.966. The summed E-state index contributed by atoms with van der Waals surface area (Å²) in [7, 11) is 0. The molecule has 1 aliphatic carbocycles. The summed E-state index contributed by atoms with van der Waals surface area (Å²) in [5.74, 6) is 0.177. The summed E-state index contributed by atoms with van der Waals surface area (Å²) in [5.41, 5.74) is 6.29. The number of phenols is 1. The molecule has 0 heterocycles. The Morgan fingerprint density at radius 3 is 2.67 bits per heavy atom. The van der Waals surface area contributed by atoms with E-state index in [1.807, 2.05) is 12.1 Å². The first-order chi connectivity index (χ1) is 10.0. The molecule has 0 saturated heterocycles. The van der Waals surface area contributed by atoms with Gasteiger partial charge in [0.05, 0.1) is 0 Å². The Bertz CT molecular complexity index is 499. The van der Waals surface area contributed by atoms with Crippen molar-refractivity contribution in [3.8, 4) is 5.75 Å². The van der Waals surface area contributed by atoms with Crippen LogP contribution >= 0.6 is 15.9 Å². The van der Waals surface area contributed by atoms with Gasteiger partial charge < -0.3 is 16.2 Å². The molecule has 116 valence electrons. The van der Waals surface area contributed by atoms with Gasteiger partial charge in [-0.2, -0.15) is 0 Å². The zero-order valence-corrected chi connectivity index (χ0v) is 13.9. The van der Waals surface area contributed by atoms with E-state index in [9.17, 15) is 9.90 Å². The van der Waals surface area contributed by atoms with Crippen molar-refractivity contribution in [3.05, 3.63) is 28.2 Å². The second kappa shape index (κ2) is 7.27. The molecule has 0 aliphatic heterocycles.